The van der Waals surface area contributed by atoms with Crippen LogP contribution >= 0.6 is 11.6 Å². The number of nitrogens with zero attached hydrogens (tertiary/aromatic N) is 1. The van der Waals surface area contributed by atoms with E-state index in [1.165, 1.54) is 4.90 Å². The molecule has 0 saturated carbocycles. The molecule has 0 aromatic heterocycles. The zero-order valence-corrected chi connectivity index (χ0v) is 15.6. The lowest BCUT2D eigenvalue weighted by Gasteiger charge is -2.25. The van der Waals surface area contributed by atoms with Crippen molar-refractivity contribution < 1.29 is 19.8 Å². The Morgan fingerprint density at radius 3 is 2.30 bits per heavy atom. The first-order chi connectivity index (χ1) is 12.9. The van der Waals surface area contributed by atoms with E-state index in [1.54, 1.807) is 36.4 Å². The first-order valence-corrected chi connectivity index (χ1v) is 9.03. The highest BCUT2D eigenvalue weighted by atomic mass is 35.5. The van der Waals surface area contributed by atoms with Gasteiger partial charge in [-0.3, -0.25) is 9.59 Å². The lowest BCUT2D eigenvalue weighted by atomic mass is 9.95. The second kappa shape index (κ2) is 7.94. The van der Waals surface area contributed by atoms with E-state index >= 15 is 0 Å². The van der Waals surface area contributed by atoms with E-state index in [1.807, 2.05) is 19.1 Å². The average molecular weight is 386 g/mol. The molecule has 0 bridgehead atoms. The van der Waals surface area contributed by atoms with E-state index in [0.29, 0.717) is 22.6 Å². The number of amides is 1. The van der Waals surface area contributed by atoms with Crippen LogP contribution in [-0.4, -0.2) is 40.0 Å². The van der Waals surface area contributed by atoms with Gasteiger partial charge in [0, 0.05) is 23.7 Å². The summed E-state index contributed by atoms with van der Waals surface area (Å²) >= 11 is 5.96. The number of aryl methyl sites for hydroxylation is 1. The molecular formula is C21H20ClNO4. The normalized spacial score (nSPS) is 18.9. The Labute approximate surface area is 162 Å². The molecule has 3 rings (SSSR count). The van der Waals surface area contributed by atoms with Crippen molar-refractivity contribution in [3.8, 4) is 0 Å². The molecule has 27 heavy (non-hydrogen) atoms. The third-order valence-electron chi connectivity index (χ3n) is 4.61. The van der Waals surface area contributed by atoms with E-state index in [2.05, 4.69) is 0 Å². The molecule has 5 nitrogen and oxygen atoms in total. The van der Waals surface area contributed by atoms with Crippen molar-refractivity contribution in [3.63, 3.8) is 0 Å². The van der Waals surface area contributed by atoms with Gasteiger partial charge in [0.1, 0.15) is 5.76 Å². The topological polar surface area (TPSA) is 77.8 Å². The Morgan fingerprint density at radius 1 is 1.07 bits per heavy atom. The summed E-state index contributed by atoms with van der Waals surface area (Å²) in [4.78, 5) is 26.7. The van der Waals surface area contributed by atoms with Crippen molar-refractivity contribution in [2.24, 2.45) is 0 Å². The predicted octanol–water partition coefficient (Wildman–Crippen LogP) is 3.45. The summed E-state index contributed by atoms with van der Waals surface area (Å²) in [5.41, 5.74) is 2.21. The third kappa shape index (κ3) is 3.75. The fourth-order valence-corrected chi connectivity index (χ4v) is 3.34. The SMILES string of the molecule is Cc1ccc(/C(O)=C2\C(=O)C(=O)N(CCCO)C2c2ccc(Cl)cc2)cc1. The largest absolute Gasteiger partial charge is 0.507 e. The number of ketones is 1. The van der Waals surface area contributed by atoms with Gasteiger partial charge < -0.3 is 15.1 Å². The molecule has 0 aliphatic carbocycles. The number of carbonyl (C=O) groups is 2. The van der Waals surface area contributed by atoms with Gasteiger partial charge in [-0.25, -0.2) is 0 Å². The molecule has 2 aromatic rings. The predicted molar refractivity (Wildman–Crippen MR) is 103 cm³/mol. The van der Waals surface area contributed by atoms with Crippen LogP contribution in [0.3, 0.4) is 0 Å². The lowest BCUT2D eigenvalue weighted by Crippen LogP contribution is -2.31. The lowest BCUT2D eigenvalue weighted by molar-refractivity contribution is -0.140. The Hall–Kier alpha value is -2.63. The molecule has 1 saturated heterocycles. The smallest absolute Gasteiger partial charge is 0.295 e. The Kier molecular flexibility index (Phi) is 5.63. The minimum atomic E-state index is -0.731. The Balaban J connectivity index is 2.14. The number of likely N-dealkylation sites (tertiary alicyclic amines) is 1. The van der Waals surface area contributed by atoms with E-state index in [0.717, 1.165) is 5.56 Å². The molecule has 0 radical (unpaired) electrons. The molecular weight excluding hydrogens is 366 g/mol. The number of Topliss-reactive ketones (excluding diaryl/α,β-unsaturated/α-hetero) is 1. The summed E-state index contributed by atoms with van der Waals surface area (Å²) in [6.07, 6.45) is 0.335. The van der Waals surface area contributed by atoms with Crippen LogP contribution in [-0.2, 0) is 9.59 Å². The zero-order chi connectivity index (χ0) is 19.6. The summed E-state index contributed by atoms with van der Waals surface area (Å²) in [7, 11) is 0. The molecule has 1 amide bonds. The maximum atomic E-state index is 12.7. The van der Waals surface area contributed by atoms with Crippen molar-refractivity contribution in [2.75, 3.05) is 13.2 Å². The van der Waals surface area contributed by atoms with Gasteiger partial charge in [0.15, 0.2) is 0 Å². The van der Waals surface area contributed by atoms with Crippen LogP contribution in [0.25, 0.3) is 5.76 Å². The monoisotopic (exact) mass is 385 g/mol. The van der Waals surface area contributed by atoms with Gasteiger partial charge in [-0.05, 0) is 31.0 Å². The van der Waals surface area contributed by atoms with Crippen molar-refractivity contribution in [1.29, 1.82) is 0 Å². The fraction of sp³-hybridized carbons (Fsp3) is 0.238. The number of hydrogen-bond acceptors (Lipinski definition) is 4. The third-order valence-corrected chi connectivity index (χ3v) is 4.86. The molecule has 0 spiro atoms. The van der Waals surface area contributed by atoms with Crippen LogP contribution in [0.2, 0.25) is 5.02 Å². The number of halogens is 1. The molecule has 140 valence electrons. The molecule has 1 unspecified atom stereocenters. The van der Waals surface area contributed by atoms with Gasteiger partial charge in [0.25, 0.3) is 11.7 Å². The van der Waals surface area contributed by atoms with E-state index in [-0.39, 0.29) is 24.5 Å². The van der Waals surface area contributed by atoms with Crippen LogP contribution in [0, 0.1) is 6.92 Å². The molecule has 1 aliphatic rings. The number of benzene rings is 2. The van der Waals surface area contributed by atoms with Gasteiger partial charge in [0.2, 0.25) is 0 Å². The summed E-state index contributed by atoms with van der Waals surface area (Å²) in [5, 5.41) is 20.5. The van der Waals surface area contributed by atoms with Crippen LogP contribution in [0.4, 0.5) is 0 Å². The van der Waals surface area contributed by atoms with Gasteiger partial charge in [0.05, 0.1) is 11.6 Å². The number of carbonyl (C=O) groups excluding carboxylic acids is 2. The molecule has 1 aliphatic heterocycles. The molecule has 6 heteroatoms. The Bertz CT molecular complexity index is 887. The molecule has 1 atom stereocenters. The first kappa shape index (κ1) is 19.1. The van der Waals surface area contributed by atoms with Crippen molar-refractivity contribution in [2.45, 2.75) is 19.4 Å². The maximum Gasteiger partial charge on any atom is 0.295 e. The van der Waals surface area contributed by atoms with Crippen molar-refractivity contribution >= 4 is 29.1 Å². The second-order valence-electron chi connectivity index (χ2n) is 6.49. The molecule has 2 aromatic carbocycles. The quantitative estimate of drug-likeness (QED) is 0.469. The molecule has 1 heterocycles. The van der Waals surface area contributed by atoms with E-state index < -0.39 is 17.7 Å². The standard InChI is InChI=1S/C21H20ClNO4/c1-13-3-5-15(6-4-13)19(25)17-18(14-7-9-16(22)10-8-14)23(11-2-12-24)21(27)20(17)26/h3-10,18,24-25H,2,11-12H2,1H3/b19-17+. The molecule has 1 fully saturated rings. The van der Waals surface area contributed by atoms with Crippen molar-refractivity contribution in [3.05, 3.63) is 75.8 Å². The summed E-state index contributed by atoms with van der Waals surface area (Å²) < 4.78 is 0. The summed E-state index contributed by atoms with van der Waals surface area (Å²) in [6, 6.07) is 13.2. The van der Waals surface area contributed by atoms with Gasteiger partial charge in [-0.1, -0.05) is 53.6 Å². The minimum absolute atomic E-state index is 0.0455. The fourth-order valence-electron chi connectivity index (χ4n) is 3.21. The van der Waals surface area contributed by atoms with Crippen LogP contribution in [0.15, 0.2) is 54.1 Å². The van der Waals surface area contributed by atoms with Gasteiger partial charge >= 0.3 is 0 Å². The minimum Gasteiger partial charge on any atom is -0.507 e. The van der Waals surface area contributed by atoms with Crippen LogP contribution in [0.5, 0.6) is 0 Å². The molecule has 2 N–H and O–H groups in total. The number of rotatable bonds is 5. The highest BCUT2D eigenvalue weighted by molar-refractivity contribution is 6.46. The second-order valence-corrected chi connectivity index (χ2v) is 6.92. The van der Waals surface area contributed by atoms with Crippen LogP contribution in [0.1, 0.15) is 29.2 Å². The van der Waals surface area contributed by atoms with Gasteiger partial charge in [-0.2, -0.15) is 0 Å². The highest BCUT2D eigenvalue weighted by Gasteiger charge is 2.45. The van der Waals surface area contributed by atoms with E-state index in [4.69, 9.17) is 16.7 Å². The summed E-state index contributed by atoms with van der Waals surface area (Å²) in [6.45, 7) is 2.03. The maximum absolute atomic E-state index is 12.7. The number of hydrogen-bond donors (Lipinski definition) is 2. The van der Waals surface area contributed by atoms with Crippen LogP contribution < -0.4 is 0 Å². The van der Waals surface area contributed by atoms with E-state index in [9.17, 15) is 14.7 Å². The summed E-state index contributed by atoms with van der Waals surface area (Å²) in [5.74, 6) is -1.62. The highest BCUT2D eigenvalue weighted by Crippen LogP contribution is 2.39. The number of aliphatic hydroxyl groups is 2. The van der Waals surface area contributed by atoms with Crippen molar-refractivity contribution in [1.82, 2.24) is 4.90 Å². The number of aliphatic hydroxyl groups excluding tert-OH is 2. The Morgan fingerprint density at radius 2 is 1.70 bits per heavy atom. The zero-order valence-electron chi connectivity index (χ0n) is 14.9. The van der Waals surface area contributed by atoms with Gasteiger partial charge in [-0.15, -0.1) is 0 Å². The average Bonchev–Trinajstić information content (AvgIpc) is 2.91. The first-order valence-electron chi connectivity index (χ1n) is 8.66.